The van der Waals surface area contributed by atoms with Crippen LogP contribution in [0.25, 0.3) is 0 Å². The normalized spacial score (nSPS) is 12.2. The minimum Gasteiger partial charge on any atom is -0.352 e. The molecule has 4 nitrogen and oxygen atoms in total. The van der Waals surface area contributed by atoms with Gasteiger partial charge >= 0.3 is 0 Å². The van der Waals surface area contributed by atoms with Gasteiger partial charge in [0.25, 0.3) is 0 Å². The molecule has 3 rings (SSSR count). The van der Waals surface area contributed by atoms with Gasteiger partial charge in [-0.3, -0.25) is 9.59 Å². The van der Waals surface area contributed by atoms with Crippen LogP contribution in [-0.2, 0) is 24.4 Å². The van der Waals surface area contributed by atoms with Crippen LogP contribution in [0.1, 0.15) is 39.9 Å². The van der Waals surface area contributed by atoms with Crippen LogP contribution in [0.5, 0.6) is 0 Å². The van der Waals surface area contributed by atoms with Crippen LogP contribution in [0.15, 0.2) is 36.4 Å². The summed E-state index contributed by atoms with van der Waals surface area (Å²) in [7, 11) is 0. The number of amides is 1. The van der Waals surface area contributed by atoms with Crippen molar-refractivity contribution in [1.29, 1.82) is 0 Å². The van der Waals surface area contributed by atoms with Crippen molar-refractivity contribution in [3.05, 3.63) is 70.3 Å². The highest BCUT2D eigenvalue weighted by molar-refractivity contribution is 5.98. The lowest BCUT2D eigenvalue weighted by atomic mass is 10.1. The second kappa shape index (κ2) is 8.87. The van der Waals surface area contributed by atoms with Crippen molar-refractivity contribution in [3.8, 4) is 0 Å². The minimum atomic E-state index is -0.905. The van der Waals surface area contributed by atoms with E-state index in [-0.39, 0.29) is 36.7 Å². The third-order valence-electron chi connectivity index (χ3n) is 4.20. The van der Waals surface area contributed by atoms with Gasteiger partial charge in [0, 0.05) is 38.5 Å². The Balaban J connectivity index is 0.00000243. The van der Waals surface area contributed by atoms with E-state index < -0.39 is 17.4 Å². The zero-order valence-electron chi connectivity index (χ0n) is 14.0. The first-order valence-electron chi connectivity index (χ1n) is 8.09. The summed E-state index contributed by atoms with van der Waals surface area (Å²) in [6.07, 6.45) is -0.162. The average Bonchev–Trinajstić information content (AvgIpc) is 3.05. The standard InChI is InChI=1S/C19H18F2N2O2.ClH/c20-15-3-4-16(17(21)8-15)18(24)5-6-19(25)23-9-12-1-2-13-10-22-11-14(13)7-12;/h1-4,7-8,22H,5-6,9-11H2,(H,23,25);1H. The lowest BCUT2D eigenvalue weighted by Crippen LogP contribution is -2.23. The molecule has 26 heavy (non-hydrogen) atoms. The maximum absolute atomic E-state index is 13.5. The Morgan fingerprint density at radius 2 is 1.77 bits per heavy atom. The van der Waals surface area contributed by atoms with Gasteiger partial charge in [-0.2, -0.15) is 0 Å². The van der Waals surface area contributed by atoms with E-state index in [9.17, 15) is 18.4 Å². The molecule has 0 bridgehead atoms. The van der Waals surface area contributed by atoms with Crippen LogP contribution < -0.4 is 10.6 Å². The van der Waals surface area contributed by atoms with Crippen molar-refractivity contribution in [2.75, 3.05) is 0 Å². The zero-order valence-corrected chi connectivity index (χ0v) is 14.8. The highest BCUT2D eigenvalue weighted by atomic mass is 35.5. The summed E-state index contributed by atoms with van der Waals surface area (Å²) in [5.41, 5.74) is 3.29. The molecule has 1 aliphatic heterocycles. The summed E-state index contributed by atoms with van der Waals surface area (Å²) in [6, 6.07) is 8.84. The smallest absolute Gasteiger partial charge is 0.220 e. The molecule has 0 radical (unpaired) electrons. The van der Waals surface area contributed by atoms with Crippen molar-refractivity contribution in [2.45, 2.75) is 32.5 Å². The zero-order chi connectivity index (χ0) is 17.8. The van der Waals surface area contributed by atoms with E-state index in [2.05, 4.69) is 16.7 Å². The van der Waals surface area contributed by atoms with E-state index in [4.69, 9.17) is 0 Å². The van der Waals surface area contributed by atoms with Gasteiger partial charge in [0.1, 0.15) is 11.6 Å². The first-order chi connectivity index (χ1) is 12.0. The van der Waals surface area contributed by atoms with E-state index in [0.29, 0.717) is 12.6 Å². The Labute approximate surface area is 156 Å². The molecular formula is C19H19ClF2N2O2. The third-order valence-corrected chi connectivity index (χ3v) is 4.20. The Kier molecular flexibility index (Phi) is 6.83. The van der Waals surface area contributed by atoms with Crippen molar-refractivity contribution in [3.63, 3.8) is 0 Å². The number of fused-ring (bicyclic) bond motifs is 1. The van der Waals surface area contributed by atoms with E-state index in [1.165, 1.54) is 11.1 Å². The fourth-order valence-electron chi connectivity index (χ4n) is 2.82. The van der Waals surface area contributed by atoms with Gasteiger partial charge in [-0.1, -0.05) is 18.2 Å². The number of nitrogens with one attached hydrogen (secondary N) is 2. The molecule has 1 heterocycles. The second-order valence-electron chi connectivity index (χ2n) is 6.03. The Hall–Kier alpha value is -2.31. The molecule has 0 aliphatic carbocycles. The van der Waals surface area contributed by atoms with Gasteiger partial charge in [-0.15, -0.1) is 12.4 Å². The molecule has 0 fully saturated rings. The summed E-state index contributed by atoms with van der Waals surface area (Å²) in [5, 5.41) is 6.01. The Morgan fingerprint density at radius 3 is 2.54 bits per heavy atom. The number of hydrogen-bond donors (Lipinski definition) is 2. The first-order valence-corrected chi connectivity index (χ1v) is 8.09. The maximum atomic E-state index is 13.5. The maximum Gasteiger partial charge on any atom is 0.220 e. The summed E-state index contributed by atoms with van der Waals surface area (Å²) < 4.78 is 26.4. The molecule has 2 N–H and O–H groups in total. The monoisotopic (exact) mass is 380 g/mol. The fraction of sp³-hybridized carbons (Fsp3) is 0.263. The van der Waals surface area contributed by atoms with Crippen molar-refractivity contribution < 1.29 is 18.4 Å². The topological polar surface area (TPSA) is 58.2 Å². The predicted octanol–water partition coefficient (Wildman–Crippen LogP) is 3.27. The van der Waals surface area contributed by atoms with E-state index in [1.807, 2.05) is 12.1 Å². The summed E-state index contributed by atoms with van der Waals surface area (Å²) in [4.78, 5) is 23.8. The number of halogens is 3. The molecule has 1 aliphatic rings. The molecule has 0 atom stereocenters. The summed E-state index contributed by atoms with van der Waals surface area (Å²) >= 11 is 0. The summed E-state index contributed by atoms with van der Waals surface area (Å²) in [5.74, 6) is -2.45. The van der Waals surface area contributed by atoms with E-state index in [0.717, 1.165) is 30.8 Å². The van der Waals surface area contributed by atoms with Gasteiger partial charge in [-0.05, 0) is 28.8 Å². The quantitative estimate of drug-likeness (QED) is 0.756. The van der Waals surface area contributed by atoms with E-state index in [1.54, 1.807) is 0 Å². The number of benzene rings is 2. The third kappa shape index (κ3) is 4.86. The van der Waals surface area contributed by atoms with Gasteiger partial charge in [0.2, 0.25) is 5.91 Å². The molecule has 0 unspecified atom stereocenters. The van der Waals surface area contributed by atoms with E-state index >= 15 is 0 Å². The number of hydrogen-bond acceptors (Lipinski definition) is 3. The van der Waals surface area contributed by atoms with Crippen LogP contribution in [0.3, 0.4) is 0 Å². The average molecular weight is 381 g/mol. The SMILES string of the molecule is Cl.O=C(CCC(=O)c1ccc(F)cc1F)NCc1ccc2c(c1)CNC2. The first kappa shape index (κ1) is 20.0. The molecule has 0 aromatic heterocycles. The predicted molar refractivity (Wildman–Crippen MR) is 96.0 cm³/mol. The van der Waals surface area contributed by atoms with Crippen LogP contribution in [0.4, 0.5) is 8.78 Å². The minimum absolute atomic E-state index is 0. The number of Topliss-reactive ketones (excluding diaryl/α,β-unsaturated/α-hetero) is 1. The summed E-state index contributed by atoms with van der Waals surface area (Å²) in [6.45, 7) is 2.07. The fourth-order valence-corrected chi connectivity index (χ4v) is 2.82. The molecule has 2 aromatic carbocycles. The van der Waals surface area contributed by atoms with Crippen LogP contribution in [0.2, 0.25) is 0 Å². The largest absolute Gasteiger partial charge is 0.352 e. The molecular weight excluding hydrogens is 362 g/mol. The molecule has 138 valence electrons. The number of carbonyl (C=O) groups excluding carboxylic acids is 2. The van der Waals surface area contributed by atoms with Crippen LogP contribution in [-0.4, -0.2) is 11.7 Å². The number of rotatable bonds is 6. The lowest BCUT2D eigenvalue weighted by Gasteiger charge is -2.07. The van der Waals surface area contributed by atoms with Gasteiger partial charge in [0.15, 0.2) is 5.78 Å². The molecule has 7 heteroatoms. The van der Waals surface area contributed by atoms with Gasteiger partial charge in [0.05, 0.1) is 5.56 Å². The molecule has 2 aromatic rings. The van der Waals surface area contributed by atoms with Crippen molar-refractivity contribution in [1.82, 2.24) is 10.6 Å². The number of ketones is 1. The Morgan fingerprint density at radius 1 is 1.00 bits per heavy atom. The highest BCUT2D eigenvalue weighted by Gasteiger charge is 2.14. The van der Waals surface area contributed by atoms with Crippen LogP contribution in [0, 0.1) is 11.6 Å². The highest BCUT2D eigenvalue weighted by Crippen LogP contribution is 2.17. The molecule has 0 spiro atoms. The Bertz CT molecular complexity index is 827. The van der Waals surface area contributed by atoms with Crippen molar-refractivity contribution >= 4 is 24.1 Å². The van der Waals surface area contributed by atoms with Gasteiger partial charge < -0.3 is 10.6 Å². The molecule has 1 amide bonds. The van der Waals surface area contributed by atoms with Crippen LogP contribution >= 0.6 is 12.4 Å². The van der Waals surface area contributed by atoms with Gasteiger partial charge in [-0.25, -0.2) is 8.78 Å². The molecule has 0 saturated carbocycles. The number of carbonyl (C=O) groups is 2. The van der Waals surface area contributed by atoms with Crippen molar-refractivity contribution in [2.24, 2.45) is 0 Å². The lowest BCUT2D eigenvalue weighted by molar-refractivity contribution is -0.121. The molecule has 0 saturated heterocycles. The second-order valence-corrected chi connectivity index (χ2v) is 6.03.